The van der Waals surface area contributed by atoms with Crippen LogP contribution >= 0.6 is 0 Å². The summed E-state index contributed by atoms with van der Waals surface area (Å²) in [6.45, 7) is 4.20. The van der Waals surface area contributed by atoms with Gasteiger partial charge in [0.05, 0.1) is 17.6 Å². The summed E-state index contributed by atoms with van der Waals surface area (Å²) in [5.41, 5.74) is 7.80. The van der Waals surface area contributed by atoms with Crippen molar-refractivity contribution < 1.29 is 4.42 Å². The third kappa shape index (κ3) is 3.10. The Bertz CT molecular complexity index is 516. The van der Waals surface area contributed by atoms with Crippen LogP contribution in [0.25, 0.3) is 0 Å². The van der Waals surface area contributed by atoms with Gasteiger partial charge in [0.2, 0.25) is 0 Å². The van der Waals surface area contributed by atoms with Gasteiger partial charge in [0, 0.05) is 19.5 Å². The number of aromatic nitrogens is 2. The number of nitrogens with two attached hydrogens (primary N) is 1. The van der Waals surface area contributed by atoms with E-state index in [0.29, 0.717) is 6.04 Å². The van der Waals surface area contributed by atoms with E-state index in [1.807, 2.05) is 23.9 Å². The number of nitrogens with one attached hydrogen (secondary N) is 1. The quantitative estimate of drug-likeness (QED) is 0.839. The topological polar surface area (TPSA) is 69.0 Å². The Kier molecular flexibility index (Phi) is 4.14. The zero-order valence-corrected chi connectivity index (χ0v) is 11.8. The van der Waals surface area contributed by atoms with Crippen LogP contribution in [0.2, 0.25) is 0 Å². The summed E-state index contributed by atoms with van der Waals surface area (Å²) in [7, 11) is 1.91. The van der Waals surface area contributed by atoms with Gasteiger partial charge in [0.25, 0.3) is 0 Å². The number of hydrogen-bond acceptors (Lipinski definition) is 4. The van der Waals surface area contributed by atoms with Gasteiger partial charge in [0.1, 0.15) is 11.6 Å². The smallest absolute Gasteiger partial charge is 0.147 e. The minimum Gasteiger partial charge on any atom is -0.469 e. The van der Waals surface area contributed by atoms with Crippen LogP contribution in [0.5, 0.6) is 0 Å². The lowest BCUT2D eigenvalue weighted by molar-refractivity contribution is 0.494. The molecular weight excluding hydrogens is 240 g/mol. The van der Waals surface area contributed by atoms with Crippen molar-refractivity contribution in [3.63, 3.8) is 0 Å². The van der Waals surface area contributed by atoms with Crippen molar-refractivity contribution >= 4 is 11.5 Å². The number of aryl methyl sites for hydroxylation is 3. The van der Waals surface area contributed by atoms with Gasteiger partial charge in [-0.25, -0.2) is 0 Å². The van der Waals surface area contributed by atoms with Gasteiger partial charge < -0.3 is 15.5 Å². The molecule has 3 N–H and O–H groups in total. The molecule has 5 nitrogen and oxygen atoms in total. The van der Waals surface area contributed by atoms with Crippen LogP contribution in [-0.4, -0.2) is 15.8 Å². The van der Waals surface area contributed by atoms with Gasteiger partial charge in [-0.2, -0.15) is 5.10 Å². The molecule has 0 aliphatic heterocycles. The van der Waals surface area contributed by atoms with Gasteiger partial charge >= 0.3 is 0 Å². The molecule has 0 saturated heterocycles. The van der Waals surface area contributed by atoms with E-state index in [0.717, 1.165) is 42.2 Å². The average Bonchev–Trinajstić information content (AvgIpc) is 2.99. The van der Waals surface area contributed by atoms with Crippen LogP contribution in [0, 0.1) is 0 Å². The Balaban J connectivity index is 1.95. The monoisotopic (exact) mass is 262 g/mol. The molecule has 19 heavy (non-hydrogen) atoms. The first kappa shape index (κ1) is 13.5. The molecule has 5 heteroatoms. The molecule has 2 rings (SSSR count). The van der Waals surface area contributed by atoms with Crippen LogP contribution in [0.15, 0.2) is 22.8 Å². The molecule has 0 aliphatic rings. The van der Waals surface area contributed by atoms with Crippen LogP contribution in [0.1, 0.15) is 31.7 Å². The van der Waals surface area contributed by atoms with E-state index in [-0.39, 0.29) is 0 Å². The minimum absolute atomic E-state index is 0.313. The fourth-order valence-corrected chi connectivity index (χ4v) is 2.15. The van der Waals surface area contributed by atoms with Crippen molar-refractivity contribution in [1.29, 1.82) is 0 Å². The zero-order valence-electron chi connectivity index (χ0n) is 11.8. The highest BCUT2D eigenvalue weighted by Crippen LogP contribution is 2.23. The number of nitrogens with zero attached hydrogens (tertiary/aromatic N) is 2. The van der Waals surface area contributed by atoms with Gasteiger partial charge in [-0.1, -0.05) is 6.92 Å². The third-order valence-electron chi connectivity index (χ3n) is 3.28. The van der Waals surface area contributed by atoms with Crippen LogP contribution < -0.4 is 11.1 Å². The summed E-state index contributed by atoms with van der Waals surface area (Å²) >= 11 is 0. The molecule has 0 spiro atoms. The van der Waals surface area contributed by atoms with Crippen molar-refractivity contribution in [2.75, 3.05) is 11.1 Å². The molecule has 0 saturated carbocycles. The summed E-state index contributed by atoms with van der Waals surface area (Å²) in [5.74, 6) is 1.92. The Morgan fingerprint density at radius 1 is 1.53 bits per heavy atom. The lowest BCUT2D eigenvalue weighted by Crippen LogP contribution is -2.18. The molecule has 0 aromatic carbocycles. The molecule has 0 fully saturated rings. The zero-order chi connectivity index (χ0) is 13.8. The maximum atomic E-state index is 6.09. The first-order valence-corrected chi connectivity index (χ1v) is 6.72. The molecule has 1 unspecified atom stereocenters. The van der Waals surface area contributed by atoms with Crippen molar-refractivity contribution in [1.82, 2.24) is 9.78 Å². The van der Waals surface area contributed by atoms with Crippen LogP contribution in [0.4, 0.5) is 11.5 Å². The number of nitrogen functional groups attached to an aromatic ring is 1. The Morgan fingerprint density at radius 2 is 2.32 bits per heavy atom. The summed E-state index contributed by atoms with van der Waals surface area (Å²) in [5, 5.41) is 7.83. The predicted molar refractivity (Wildman–Crippen MR) is 77.1 cm³/mol. The van der Waals surface area contributed by atoms with E-state index in [4.69, 9.17) is 10.2 Å². The van der Waals surface area contributed by atoms with E-state index in [1.54, 1.807) is 6.26 Å². The van der Waals surface area contributed by atoms with E-state index in [2.05, 4.69) is 24.3 Å². The number of rotatable bonds is 6. The summed E-state index contributed by atoms with van der Waals surface area (Å²) < 4.78 is 7.15. The van der Waals surface area contributed by atoms with Crippen molar-refractivity contribution in [3.8, 4) is 0 Å². The van der Waals surface area contributed by atoms with Gasteiger partial charge in [-0.05, 0) is 31.9 Å². The standard InChI is InChI=1S/C14H22N4O/c1-4-12-13(15)14(18(3)17-12)16-10(2)7-8-11-6-5-9-19-11/h5-6,9-10,16H,4,7-8,15H2,1-3H3. The SMILES string of the molecule is CCc1nn(C)c(NC(C)CCc2ccco2)c1N. The fraction of sp³-hybridized carbons (Fsp3) is 0.500. The van der Waals surface area contributed by atoms with E-state index in [1.165, 1.54) is 0 Å². The maximum Gasteiger partial charge on any atom is 0.147 e. The van der Waals surface area contributed by atoms with E-state index < -0.39 is 0 Å². The second-order valence-corrected chi connectivity index (χ2v) is 4.85. The Morgan fingerprint density at radius 3 is 2.89 bits per heavy atom. The predicted octanol–water partition coefficient (Wildman–Crippen LogP) is 2.59. The summed E-state index contributed by atoms with van der Waals surface area (Å²) in [6, 6.07) is 4.23. The number of furan rings is 1. The van der Waals surface area contributed by atoms with Crippen molar-refractivity contribution in [2.24, 2.45) is 7.05 Å². The highest BCUT2D eigenvalue weighted by molar-refractivity contribution is 5.65. The van der Waals surface area contributed by atoms with Gasteiger partial charge in [-0.3, -0.25) is 4.68 Å². The molecule has 1 atom stereocenters. The number of hydrogen-bond donors (Lipinski definition) is 2. The molecular formula is C14H22N4O. The fourth-order valence-electron chi connectivity index (χ4n) is 2.15. The van der Waals surface area contributed by atoms with Gasteiger partial charge in [0.15, 0.2) is 0 Å². The molecule has 0 radical (unpaired) electrons. The summed E-state index contributed by atoms with van der Waals surface area (Å²) in [6.07, 6.45) is 4.46. The summed E-state index contributed by atoms with van der Waals surface area (Å²) in [4.78, 5) is 0. The molecule has 0 aliphatic carbocycles. The Labute approximate surface area is 113 Å². The third-order valence-corrected chi connectivity index (χ3v) is 3.28. The second kappa shape index (κ2) is 5.82. The van der Waals surface area contributed by atoms with Crippen molar-refractivity contribution in [2.45, 2.75) is 39.2 Å². The Hall–Kier alpha value is -1.91. The van der Waals surface area contributed by atoms with Crippen molar-refractivity contribution in [3.05, 3.63) is 29.9 Å². The highest BCUT2D eigenvalue weighted by Gasteiger charge is 2.14. The van der Waals surface area contributed by atoms with E-state index in [9.17, 15) is 0 Å². The first-order chi connectivity index (χ1) is 9.11. The minimum atomic E-state index is 0.313. The average molecular weight is 262 g/mol. The molecule has 0 amide bonds. The molecule has 2 aromatic heterocycles. The molecule has 2 heterocycles. The molecule has 2 aromatic rings. The van der Waals surface area contributed by atoms with Crippen LogP contribution in [0.3, 0.4) is 0 Å². The second-order valence-electron chi connectivity index (χ2n) is 4.85. The van der Waals surface area contributed by atoms with E-state index >= 15 is 0 Å². The van der Waals surface area contributed by atoms with Crippen LogP contribution in [-0.2, 0) is 19.9 Å². The largest absolute Gasteiger partial charge is 0.469 e. The molecule has 0 bridgehead atoms. The maximum absolute atomic E-state index is 6.09. The van der Waals surface area contributed by atoms with Gasteiger partial charge in [-0.15, -0.1) is 0 Å². The first-order valence-electron chi connectivity index (χ1n) is 6.72. The highest BCUT2D eigenvalue weighted by atomic mass is 16.3. The lowest BCUT2D eigenvalue weighted by atomic mass is 10.1. The normalized spacial score (nSPS) is 12.6. The lowest BCUT2D eigenvalue weighted by Gasteiger charge is -2.15. The molecule has 104 valence electrons. The number of anilines is 2.